The molecule has 0 spiro atoms. The van der Waals surface area contributed by atoms with E-state index in [-0.39, 0.29) is 6.47 Å². The average Bonchev–Trinajstić information content (AvgIpc) is 3.09. The fraction of sp³-hybridized carbons (Fsp3) is 0.500. The number of anilines is 1. The SMILES string of the molecule is Cc1cc(NCCN2CCOCC2)nc2cc3c(cc12)CCC3.O=CO. The third kappa shape index (κ3) is 4.51. The number of hydrogen-bond donors (Lipinski definition) is 2. The van der Waals surface area contributed by atoms with E-state index in [9.17, 15) is 0 Å². The van der Waals surface area contributed by atoms with Gasteiger partial charge in [-0.2, -0.15) is 0 Å². The molecular weight excluding hydrogens is 330 g/mol. The number of aromatic nitrogens is 1. The van der Waals surface area contributed by atoms with Gasteiger partial charge in [0.2, 0.25) is 0 Å². The molecule has 0 amide bonds. The smallest absolute Gasteiger partial charge is 0.290 e. The lowest BCUT2D eigenvalue weighted by molar-refractivity contribution is -0.122. The lowest BCUT2D eigenvalue weighted by atomic mass is 10.0. The van der Waals surface area contributed by atoms with E-state index in [1.54, 1.807) is 0 Å². The first-order valence-electron chi connectivity index (χ1n) is 9.26. The normalized spacial score (nSPS) is 16.7. The maximum absolute atomic E-state index is 8.36. The molecule has 0 unspecified atom stereocenters. The summed E-state index contributed by atoms with van der Waals surface area (Å²) in [7, 11) is 0. The van der Waals surface area contributed by atoms with Crippen molar-refractivity contribution in [1.82, 2.24) is 9.88 Å². The second-order valence-corrected chi connectivity index (χ2v) is 6.80. The van der Waals surface area contributed by atoms with E-state index in [2.05, 4.69) is 35.3 Å². The van der Waals surface area contributed by atoms with Crippen LogP contribution in [-0.4, -0.2) is 60.9 Å². The molecule has 2 aliphatic rings. The number of fused-ring (bicyclic) bond motifs is 2. The van der Waals surface area contributed by atoms with Crippen LogP contribution in [0, 0.1) is 6.92 Å². The first-order chi connectivity index (χ1) is 12.7. The minimum atomic E-state index is -0.250. The molecule has 1 aliphatic heterocycles. The number of nitrogens with zero attached hydrogens (tertiary/aromatic N) is 2. The molecule has 2 heterocycles. The summed E-state index contributed by atoms with van der Waals surface area (Å²) in [5.74, 6) is 1.00. The van der Waals surface area contributed by atoms with Gasteiger partial charge in [-0.15, -0.1) is 0 Å². The van der Waals surface area contributed by atoms with Crippen LogP contribution in [0.2, 0.25) is 0 Å². The van der Waals surface area contributed by atoms with Gasteiger partial charge < -0.3 is 15.2 Å². The van der Waals surface area contributed by atoms with Gasteiger partial charge in [-0.25, -0.2) is 4.98 Å². The fourth-order valence-electron chi connectivity index (χ4n) is 3.72. The molecule has 26 heavy (non-hydrogen) atoms. The molecule has 0 atom stereocenters. The van der Waals surface area contributed by atoms with E-state index >= 15 is 0 Å². The zero-order valence-electron chi connectivity index (χ0n) is 15.3. The maximum atomic E-state index is 8.36. The van der Waals surface area contributed by atoms with Crippen LogP contribution in [0.1, 0.15) is 23.1 Å². The highest BCUT2D eigenvalue weighted by atomic mass is 16.5. The van der Waals surface area contributed by atoms with Crippen LogP contribution in [-0.2, 0) is 22.4 Å². The highest BCUT2D eigenvalue weighted by Gasteiger charge is 2.14. The highest BCUT2D eigenvalue weighted by molar-refractivity contribution is 5.85. The molecule has 1 aliphatic carbocycles. The van der Waals surface area contributed by atoms with Gasteiger partial charge in [0, 0.05) is 31.6 Å². The summed E-state index contributed by atoms with van der Waals surface area (Å²) in [6.45, 7) is 7.72. The number of pyridine rings is 1. The van der Waals surface area contributed by atoms with E-state index in [0.717, 1.165) is 50.7 Å². The molecule has 4 rings (SSSR count). The fourth-order valence-corrected chi connectivity index (χ4v) is 3.72. The Morgan fingerprint density at radius 1 is 1.23 bits per heavy atom. The molecule has 0 bridgehead atoms. The van der Waals surface area contributed by atoms with Gasteiger partial charge in [-0.05, 0) is 61.1 Å². The van der Waals surface area contributed by atoms with E-state index in [1.807, 2.05) is 0 Å². The molecule has 0 saturated carbocycles. The molecule has 1 aromatic heterocycles. The van der Waals surface area contributed by atoms with E-state index in [4.69, 9.17) is 19.6 Å². The van der Waals surface area contributed by atoms with Crippen LogP contribution in [0.3, 0.4) is 0 Å². The van der Waals surface area contributed by atoms with Gasteiger partial charge >= 0.3 is 0 Å². The quantitative estimate of drug-likeness (QED) is 0.819. The Kier molecular flexibility index (Phi) is 6.41. The van der Waals surface area contributed by atoms with E-state index in [0.29, 0.717) is 0 Å². The molecule has 140 valence electrons. The van der Waals surface area contributed by atoms with Crippen LogP contribution < -0.4 is 5.32 Å². The lowest BCUT2D eigenvalue weighted by Gasteiger charge is -2.26. The van der Waals surface area contributed by atoms with E-state index in [1.165, 1.54) is 41.3 Å². The summed E-state index contributed by atoms with van der Waals surface area (Å²) in [6.07, 6.45) is 3.72. The number of aryl methyl sites for hydroxylation is 3. The van der Waals surface area contributed by atoms with Gasteiger partial charge in [0.05, 0.1) is 18.7 Å². The third-order valence-corrected chi connectivity index (χ3v) is 5.07. The van der Waals surface area contributed by atoms with Crippen molar-refractivity contribution in [3.63, 3.8) is 0 Å². The second-order valence-electron chi connectivity index (χ2n) is 6.80. The first-order valence-corrected chi connectivity index (χ1v) is 9.26. The molecule has 2 aromatic rings. The van der Waals surface area contributed by atoms with Crippen molar-refractivity contribution < 1.29 is 14.6 Å². The van der Waals surface area contributed by atoms with Crippen molar-refractivity contribution in [2.75, 3.05) is 44.7 Å². The van der Waals surface area contributed by atoms with Crippen molar-refractivity contribution in [2.24, 2.45) is 0 Å². The number of nitrogens with one attached hydrogen (secondary N) is 1. The minimum Gasteiger partial charge on any atom is -0.483 e. The van der Waals surface area contributed by atoms with Crippen molar-refractivity contribution >= 4 is 23.2 Å². The summed E-state index contributed by atoms with van der Waals surface area (Å²) < 4.78 is 5.39. The van der Waals surface area contributed by atoms with Crippen LogP contribution in [0.25, 0.3) is 10.9 Å². The number of ether oxygens (including phenoxy) is 1. The van der Waals surface area contributed by atoms with Crippen molar-refractivity contribution in [3.8, 4) is 0 Å². The largest absolute Gasteiger partial charge is 0.483 e. The van der Waals surface area contributed by atoms with E-state index < -0.39 is 0 Å². The Bertz CT molecular complexity index is 758. The van der Waals surface area contributed by atoms with Crippen molar-refractivity contribution in [3.05, 3.63) is 34.9 Å². The lowest BCUT2D eigenvalue weighted by Crippen LogP contribution is -2.39. The average molecular weight is 357 g/mol. The Morgan fingerprint density at radius 3 is 2.65 bits per heavy atom. The monoisotopic (exact) mass is 357 g/mol. The first kappa shape index (κ1) is 18.6. The maximum Gasteiger partial charge on any atom is 0.290 e. The number of carboxylic acid groups (broad SMARTS) is 1. The second kappa shape index (κ2) is 8.96. The number of benzene rings is 1. The van der Waals surface area contributed by atoms with Crippen molar-refractivity contribution in [1.29, 1.82) is 0 Å². The summed E-state index contributed by atoms with van der Waals surface area (Å²) in [5.41, 5.74) is 5.48. The Morgan fingerprint density at radius 2 is 1.92 bits per heavy atom. The standard InChI is InChI=1S/C19H25N3O.CH2O2/c1-14-11-19(20-5-6-22-7-9-23-10-8-22)21-18-13-16-4-2-3-15(16)12-17(14)18;2-1-3/h11-13H,2-10H2,1H3,(H,20,21);1H,(H,2,3). The van der Waals surface area contributed by atoms with Crippen LogP contribution in [0.15, 0.2) is 18.2 Å². The Hall–Kier alpha value is -2.18. The summed E-state index contributed by atoms with van der Waals surface area (Å²) in [5, 5.41) is 11.7. The molecule has 6 heteroatoms. The van der Waals surface area contributed by atoms with Gasteiger partial charge in [-0.1, -0.05) is 0 Å². The van der Waals surface area contributed by atoms with Gasteiger partial charge in [0.15, 0.2) is 0 Å². The predicted octanol–water partition coefficient (Wildman–Crippen LogP) is 2.48. The van der Waals surface area contributed by atoms with Crippen LogP contribution >= 0.6 is 0 Å². The number of morpholine rings is 1. The molecule has 1 aromatic carbocycles. The summed E-state index contributed by atoms with van der Waals surface area (Å²) >= 11 is 0. The van der Waals surface area contributed by atoms with Crippen LogP contribution in [0.4, 0.5) is 5.82 Å². The number of hydrogen-bond acceptors (Lipinski definition) is 5. The molecule has 2 N–H and O–H groups in total. The van der Waals surface area contributed by atoms with Gasteiger partial charge in [0.1, 0.15) is 5.82 Å². The molecular formula is C20H27N3O3. The van der Waals surface area contributed by atoms with Crippen molar-refractivity contribution in [2.45, 2.75) is 26.2 Å². The molecule has 1 fully saturated rings. The van der Waals surface area contributed by atoms with Gasteiger partial charge in [0.25, 0.3) is 6.47 Å². The zero-order valence-corrected chi connectivity index (χ0v) is 15.3. The molecule has 1 saturated heterocycles. The van der Waals surface area contributed by atoms with Gasteiger partial charge in [-0.3, -0.25) is 9.69 Å². The number of carbonyl (C=O) groups is 1. The zero-order chi connectivity index (χ0) is 18.4. The highest BCUT2D eigenvalue weighted by Crippen LogP contribution is 2.29. The molecule has 6 nitrogen and oxygen atoms in total. The predicted molar refractivity (Wildman–Crippen MR) is 103 cm³/mol. The Balaban J connectivity index is 0.000000613. The Labute approximate surface area is 154 Å². The topological polar surface area (TPSA) is 74.7 Å². The minimum absolute atomic E-state index is 0.250. The summed E-state index contributed by atoms with van der Waals surface area (Å²) in [4.78, 5) is 15.6. The summed E-state index contributed by atoms with van der Waals surface area (Å²) in [6, 6.07) is 6.85. The number of rotatable bonds is 4. The van der Waals surface area contributed by atoms with Crippen LogP contribution in [0.5, 0.6) is 0 Å². The third-order valence-electron chi connectivity index (χ3n) is 5.07. The molecule has 0 radical (unpaired) electrons.